The van der Waals surface area contributed by atoms with E-state index >= 15 is 0 Å². The van der Waals surface area contributed by atoms with Crippen molar-refractivity contribution in [3.8, 4) is 22.3 Å². The Kier molecular flexibility index (Phi) is 5.06. The summed E-state index contributed by atoms with van der Waals surface area (Å²) < 4.78 is 6.19. The van der Waals surface area contributed by atoms with E-state index in [9.17, 15) is 0 Å². The first-order valence-electron chi connectivity index (χ1n) is 15.5. The molecule has 0 aliphatic rings. The molecule has 1 heterocycles. The van der Waals surface area contributed by atoms with Crippen LogP contribution in [0, 0.1) is 0 Å². The highest BCUT2D eigenvalue weighted by Crippen LogP contribution is 2.46. The topological polar surface area (TPSA) is 13.1 Å². The standard InChI is InChI=1S/C44H26O/c1-2-13-31-29(11-1)30-12-3-4-14-32(30)39-25-27(21-23-33(31)39)43-35-16-5-7-18-37(35)44(38-19-8-6-17-36(38)43)28-22-24-42-40(26-28)34-15-9-10-20-41(34)45-42/h1-26H. The van der Waals surface area contributed by atoms with Crippen LogP contribution in [-0.4, -0.2) is 0 Å². The Morgan fingerprint density at radius 3 is 1.13 bits per heavy atom. The zero-order chi connectivity index (χ0) is 29.5. The fraction of sp³-hybridized carbons (Fsp3) is 0. The summed E-state index contributed by atoms with van der Waals surface area (Å²) in [5.74, 6) is 0. The van der Waals surface area contributed by atoms with Gasteiger partial charge in [-0.3, -0.25) is 0 Å². The lowest BCUT2D eigenvalue weighted by molar-refractivity contribution is 0.669. The zero-order valence-electron chi connectivity index (χ0n) is 24.4. The van der Waals surface area contributed by atoms with Crippen molar-refractivity contribution in [3.63, 3.8) is 0 Å². The van der Waals surface area contributed by atoms with Gasteiger partial charge >= 0.3 is 0 Å². The molecule has 0 unspecified atom stereocenters. The lowest BCUT2D eigenvalue weighted by Gasteiger charge is -2.18. The predicted octanol–water partition coefficient (Wildman–Crippen LogP) is 12.7. The van der Waals surface area contributed by atoms with Gasteiger partial charge in [-0.15, -0.1) is 0 Å². The Hall–Kier alpha value is -5.92. The van der Waals surface area contributed by atoms with Crippen LogP contribution in [0.4, 0.5) is 0 Å². The third kappa shape index (κ3) is 3.50. The van der Waals surface area contributed by atoms with Crippen LogP contribution in [0.1, 0.15) is 0 Å². The Bertz CT molecular complexity index is 2720. The molecule has 0 atom stereocenters. The molecule has 1 heteroatoms. The molecule has 9 aromatic carbocycles. The van der Waals surface area contributed by atoms with Gasteiger partial charge in [0.25, 0.3) is 0 Å². The van der Waals surface area contributed by atoms with Crippen molar-refractivity contribution in [2.75, 3.05) is 0 Å². The Labute approximate surface area is 259 Å². The lowest BCUT2D eigenvalue weighted by atomic mass is 9.84. The van der Waals surface area contributed by atoms with E-state index in [0.29, 0.717) is 0 Å². The number of furan rings is 1. The molecule has 0 aliphatic heterocycles. The Morgan fingerprint density at radius 1 is 0.244 bits per heavy atom. The minimum atomic E-state index is 0.918. The molecule has 10 rings (SSSR count). The van der Waals surface area contributed by atoms with Gasteiger partial charge in [0.15, 0.2) is 0 Å². The van der Waals surface area contributed by atoms with Crippen LogP contribution in [-0.2, 0) is 0 Å². The highest BCUT2D eigenvalue weighted by atomic mass is 16.3. The summed E-state index contributed by atoms with van der Waals surface area (Å²) in [6.07, 6.45) is 0. The molecule has 0 spiro atoms. The van der Waals surface area contributed by atoms with Gasteiger partial charge in [0, 0.05) is 10.8 Å². The second-order valence-corrected chi connectivity index (χ2v) is 12.0. The first-order chi connectivity index (χ1) is 22.3. The minimum Gasteiger partial charge on any atom is -0.456 e. The number of fused-ring (bicyclic) bond motifs is 11. The zero-order valence-corrected chi connectivity index (χ0v) is 24.4. The van der Waals surface area contributed by atoms with E-state index in [4.69, 9.17) is 4.42 Å². The van der Waals surface area contributed by atoms with Gasteiger partial charge < -0.3 is 4.42 Å². The summed E-state index contributed by atoms with van der Waals surface area (Å²) in [5, 5.41) is 15.1. The van der Waals surface area contributed by atoms with Gasteiger partial charge in [-0.05, 0) is 100 Å². The average molecular weight is 571 g/mol. The van der Waals surface area contributed by atoms with Gasteiger partial charge in [0.1, 0.15) is 11.2 Å². The molecule has 45 heavy (non-hydrogen) atoms. The van der Waals surface area contributed by atoms with Crippen molar-refractivity contribution < 1.29 is 4.42 Å². The maximum atomic E-state index is 6.19. The molecule has 1 nitrogen and oxygen atoms in total. The maximum Gasteiger partial charge on any atom is 0.135 e. The van der Waals surface area contributed by atoms with Crippen LogP contribution < -0.4 is 0 Å². The average Bonchev–Trinajstić information content (AvgIpc) is 3.48. The van der Waals surface area contributed by atoms with Crippen LogP contribution in [0.15, 0.2) is 162 Å². The van der Waals surface area contributed by atoms with Gasteiger partial charge in [-0.2, -0.15) is 0 Å². The summed E-state index contributed by atoms with van der Waals surface area (Å²) in [5.41, 5.74) is 6.81. The van der Waals surface area contributed by atoms with Crippen LogP contribution in [0.25, 0.3) is 98.1 Å². The van der Waals surface area contributed by atoms with E-state index in [2.05, 4.69) is 146 Å². The number of hydrogen-bond acceptors (Lipinski definition) is 1. The largest absolute Gasteiger partial charge is 0.456 e. The van der Waals surface area contributed by atoms with Crippen molar-refractivity contribution in [2.45, 2.75) is 0 Å². The molecule has 0 saturated carbocycles. The van der Waals surface area contributed by atoms with Crippen LogP contribution >= 0.6 is 0 Å². The fourth-order valence-corrected chi connectivity index (χ4v) is 7.70. The maximum absolute atomic E-state index is 6.19. The first-order valence-corrected chi connectivity index (χ1v) is 15.5. The smallest absolute Gasteiger partial charge is 0.135 e. The van der Waals surface area contributed by atoms with E-state index in [1.807, 2.05) is 12.1 Å². The van der Waals surface area contributed by atoms with E-state index in [1.165, 1.54) is 76.1 Å². The third-order valence-corrected chi connectivity index (χ3v) is 9.63. The SMILES string of the molecule is c1ccc2c(c1)oc1ccc(-c3c4ccccc4c(-c4ccc5c6ccccc6c6ccccc6c5c4)c4ccccc34)cc12. The molecule has 10 aromatic rings. The Balaban J connectivity index is 1.30. The monoisotopic (exact) mass is 570 g/mol. The summed E-state index contributed by atoms with van der Waals surface area (Å²) in [4.78, 5) is 0. The molecule has 0 N–H and O–H groups in total. The van der Waals surface area contributed by atoms with Crippen LogP contribution in [0.2, 0.25) is 0 Å². The fourth-order valence-electron chi connectivity index (χ4n) is 7.70. The lowest BCUT2D eigenvalue weighted by Crippen LogP contribution is -1.91. The van der Waals surface area contributed by atoms with E-state index in [0.717, 1.165) is 21.9 Å². The minimum absolute atomic E-state index is 0.918. The first kappa shape index (κ1) is 24.5. The molecule has 0 amide bonds. The summed E-state index contributed by atoms with van der Waals surface area (Å²) in [7, 11) is 0. The molecule has 0 radical (unpaired) electrons. The third-order valence-electron chi connectivity index (χ3n) is 9.63. The molecular weight excluding hydrogens is 544 g/mol. The molecule has 0 saturated heterocycles. The van der Waals surface area contributed by atoms with E-state index < -0.39 is 0 Å². The summed E-state index contributed by atoms with van der Waals surface area (Å²) in [6, 6.07) is 57.4. The summed E-state index contributed by atoms with van der Waals surface area (Å²) in [6.45, 7) is 0. The van der Waals surface area contributed by atoms with Gasteiger partial charge in [-0.25, -0.2) is 0 Å². The quantitative estimate of drug-likeness (QED) is 0.149. The van der Waals surface area contributed by atoms with Gasteiger partial charge in [-0.1, -0.05) is 133 Å². The van der Waals surface area contributed by atoms with Crippen LogP contribution in [0.5, 0.6) is 0 Å². The molecule has 0 bridgehead atoms. The predicted molar refractivity (Wildman–Crippen MR) is 192 cm³/mol. The van der Waals surface area contributed by atoms with Crippen molar-refractivity contribution in [3.05, 3.63) is 158 Å². The van der Waals surface area contributed by atoms with E-state index in [-0.39, 0.29) is 0 Å². The highest BCUT2D eigenvalue weighted by Gasteiger charge is 2.18. The Morgan fingerprint density at radius 2 is 0.600 bits per heavy atom. The molecule has 1 aromatic heterocycles. The molecule has 0 fully saturated rings. The number of para-hydroxylation sites is 1. The molecular formula is C44H26O. The number of benzene rings is 9. The second kappa shape index (κ2) is 9.29. The van der Waals surface area contributed by atoms with Crippen LogP contribution in [0.3, 0.4) is 0 Å². The number of rotatable bonds is 2. The van der Waals surface area contributed by atoms with Crippen molar-refractivity contribution in [1.82, 2.24) is 0 Å². The van der Waals surface area contributed by atoms with Crippen molar-refractivity contribution in [2.24, 2.45) is 0 Å². The highest BCUT2D eigenvalue weighted by molar-refractivity contribution is 6.27. The number of hydrogen-bond donors (Lipinski definition) is 0. The normalized spacial score (nSPS) is 12.0. The second-order valence-electron chi connectivity index (χ2n) is 12.0. The summed E-state index contributed by atoms with van der Waals surface area (Å²) >= 11 is 0. The molecule has 0 aliphatic carbocycles. The van der Waals surface area contributed by atoms with E-state index in [1.54, 1.807) is 0 Å². The van der Waals surface area contributed by atoms with Crippen molar-refractivity contribution in [1.29, 1.82) is 0 Å². The van der Waals surface area contributed by atoms with Gasteiger partial charge in [0.05, 0.1) is 0 Å². The van der Waals surface area contributed by atoms with Gasteiger partial charge in [0.2, 0.25) is 0 Å². The molecule has 208 valence electrons. The van der Waals surface area contributed by atoms with Crippen molar-refractivity contribution >= 4 is 75.8 Å².